The minimum absolute atomic E-state index is 0.0565. The summed E-state index contributed by atoms with van der Waals surface area (Å²) in [6.07, 6.45) is 0.398. The van der Waals surface area contributed by atoms with Crippen molar-refractivity contribution in [3.8, 4) is 17.1 Å². The quantitative estimate of drug-likeness (QED) is 0.222. The molecule has 0 unspecified atom stereocenters. The van der Waals surface area contributed by atoms with Crippen molar-refractivity contribution in [3.63, 3.8) is 0 Å². The molecule has 1 N–H and O–H groups in total. The minimum Gasteiger partial charge on any atom is -0.491 e. The molecule has 236 valence electrons. The lowest BCUT2D eigenvalue weighted by molar-refractivity contribution is -0.0172. The van der Waals surface area contributed by atoms with E-state index in [2.05, 4.69) is 11.5 Å². The highest BCUT2D eigenvalue weighted by molar-refractivity contribution is 5.90. The Balaban J connectivity index is 1.48. The van der Waals surface area contributed by atoms with Crippen LogP contribution in [-0.4, -0.2) is 53.9 Å². The van der Waals surface area contributed by atoms with E-state index < -0.39 is 5.60 Å². The van der Waals surface area contributed by atoms with Gasteiger partial charge in [0.1, 0.15) is 30.3 Å². The van der Waals surface area contributed by atoms with Crippen molar-refractivity contribution in [2.75, 3.05) is 28.2 Å². The van der Waals surface area contributed by atoms with Crippen LogP contribution in [0.1, 0.15) is 55.0 Å². The molecule has 0 amide bonds. The van der Waals surface area contributed by atoms with Crippen LogP contribution in [0.3, 0.4) is 0 Å². The van der Waals surface area contributed by atoms with E-state index in [9.17, 15) is 9.90 Å². The average Bonchev–Trinajstić information content (AvgIpc) is 3.34. The number of quaternary nitrogens is 1. The number of rotatable bonds is 8. The van der Waals surface area contributed by atoms with Crippen molar-refractivity contribution in [1.82, 2.24) is 18.9 Å². The number of halogens is 1. The number of benzene rings is 2. The van der Waals surface area contributed by atoms with E-state index >= 15 is 4.39 Å². The fourth-order valence-corrected chi connectivity index (χ4v) is 6.73. The number of ether oxygens (including phenoxy) is 2. The SMILES string of the molecule is C=C1OCc2c(cc3n(c2=O)Cc2c-3nc3cc(F)c([N+](C)(C)Cc4ccc(OC(C)C)cc4)cc3c2CN(C)C)[C@@]1(O)CC. The second-order valence-corrected chi connectivity index (χ2v) is 13.4. The van der Waals surface area contributed by atoms with Crippen LogP contribution in [0.25, 0.3) is 22.3 Å². The van der Waals surface area contributed by atoms with E-state index in [4.69, 9.17) is 14.5 Å². The van der Waals surface area contributed by atoms with Crippen LogP contribution in [0.15, 0.2) is 59.6 Å². The third-order valence-corrected chi connectivity index (χ3v) is 9.04. The monoisotopic (exact) mass is 613 g/mol. The number of hydrogen-bond donors (Lipinski definition) is 1. The van der Waals surface area contributed by atoms with E-state index in [-0.39, 0.29) is 34.3 Å². The molecule has 9 heteroatoms. The fourth-order valence-electron chi connectivity index (χ4n) is 6.73. The van der Waals surface area contributed by atoms with E-state index in [0.29, 0.717) is 59.8 Å². The van der Waals surface area contributed by atoms with E-state index in [1.807, 2.05) is 85.4 Å². The van der Waals surface area contributed by atoms with Crippen molar-refractivity contribution in [3.05, 3.63) is 98.8 Å². The second-order valence-electron chi connectivity index (χ2n) is 13.4. The first kappa shape index (κ1) is 31.0. The van der Waals surface area contributed by atoms with Gasteiger partial charge in [-0.2, -0.15) is 0 Å². The molecule has 8 nitrogen and oxygen atoms in total. The second kappa shape index (κ2) is 11.1. The van der Waals surface area contributed by atoms with Crippen LogP contribution in [0.4, 0.5) is 10.1 Å². The van der Waals surface area contributed by atoms with Crippen molar-refractivity contribution in [2.45, 2.75) is 65.1 Å². The number of nitrogens with zero attached hydrogens (tertiary/aromatic N) is 4. The van der Waals surface area contributed by atoms with Crippen LogP contribution in [0.5, 0.6) is 5.75 Å². The Morgan fingerprint density at radius 1 is 1.18 bits per heavy atom. The van der Waals surface area contributed by atoms with Gasteiger partial charge in [-0.05, 0) is 70.3 Å². The summed E-state index contributed by atoms with van der Waals surface area (Å²) in [4.78, 5) is 20.9. The van der Waals surface area contributed by atoms with Crippen molar-refractivity contribution in [2.24, 2.45) is 0 Å². The molecule has 2 aliphatic heterocycles. The van der Waals surface area contributed by atoms with Gasteiger partial charge in [0.05, 0.1) is 49.2 Å². The first-order valence-corrected chi connectivity index (χ1v) is 15.4. The molecule has 0 bridgehead atoms. The van der Waals surface area contributed by atoms with Crippen LogP contribution >= 0.6 is 0 Å². The van der Waals surface area contributed by atoms with E-state index in [1.54, 1.807) is 4.57 Å². The number of fused-ring (bicyclic) bond motifs is 5. The molecule has 0 saturated heterocycles. The third kappa shape index (κ3) is 5.22. The van der Waals surface area contributed by atoms with Gasteiger partial charge in [-0.15, -0.1) is 0 Å². The molecular weight excluding hydrogens is 571 g/mol. The van der Waals surface area contributed by atoms with Gasteiger partial charge in [0.25, 0.3) is 5.56 Å². The van der Waals surface area contributed by atoms with Gasteiger partial charge in [0.15, 0.2) is 11.5 Å². The van der Waals surface area contributed by atoms with Gasteiger partial charge in [-0.3, -0.25) is 9.28 Å². The molecule has 0 radical (unpaired) electrons. The standard InChI is InChI=1S/C36H42FN4O4/c1-9-36(43)22(4)44-20-28-29(36)15-32-34-27(18-40(32)35(28)42)26(17-39(5)6)25-14-33(30(37)16-31(25)38-34)41(7,8)19-23-10-12-24(13-11-23)45-21(2)3/h10-16,21,43H,4,9,17-20H2,1-3,5-8H3/q+1/t36-/m1/s1. The summed E-state index contributed by atoms with van der Waals surface area (Å²) < 4.78 is 29.5. The van der Waals surface area contributed by atoms with Crippen molar-refractivity contribution in [1.29, 1.82) is 0 Å². The molecule has 0 fully saturated rings. The van der Waals surface area contributed by atoms with Crippen molar-refractivity contribution >= 4 is 16.6 Å². The molecule has 6 rings (SSSR count). The lowest BCUT2D eigenvalue weighted by Crippen LogP contribution is -2.40. The molecule has 2 aromatic heterocycles. The summed E-state index contributed by atoms with van der Waals surface area (Å²) in [6.45, 7) is 11.3. The molecule has 0 spiro atoms. The maximum absolute atomic E-state index is 16.0. The van der Waals surface area contributed by atoms with Gasteiger partial charge in [0, 0.05) is 40.8 Å². The zero-order valence-electron chi connectivity index (χ0n) is 27.2. The van der Waals surface area contributed by atoms with Gasteiger partial charge < -0.3 is 24.0 Å². The summed E-state index contributed by atoms with van der Waals surface area (Å²) in [5, 5.41) is 12.3. The predicted octanol–water partition coefficient (Wildman–Crippen LogP) is 5.82. The van der Waals surface area contributed by atoms with Crippen LogP contribution in [0.2, 0.25) is 0 Å². The Morgan fingerprint density at radius 3 is 2.53 bits per heavy atom. The lowest BCUT2D eigenvalue weighted by Gasteiger charge is -2.35. The number of aliphatic hydroxyl groups is 1. The van der Waals surface area contributed by atoms with Gasteiger partial charge >= 0.3 is 0 Å². The third-order valence-electron chi connectivity index (χ3n) is 9.04. The maximum Gasteiger partial charge on any atom is 0.258 e. The zero-order valence-corrected chi connectivity index (χ0v) is 27.2. The Bertz CT molecular complexity index is 1890. The molecular formula is C36H42FN4O4+. The first-order chi connectivity index (χ1) is 21.2. The smallest absolute Gasteiger partial charge is 0.258 e. The Morgan fingerprint density at radius 2 is 1.89 bits per heavy atom. The summed E-state index contributed by atoms with van der Waals surface area (Å²) >= 11 is 0. The Hall–Kier alpha value is -4.05. The summed E-state index contributed by atoms with van der Waals surface area (Å²) in [5.41, 5.74) is 4.58. The number of pyridine rings is 2. The highest BCUT2D eigenvalue weighted by atomic mass is 19.1. The predicted molar refractivity (Wildman–Crippen MR) is 176 cm³/mol. The molecule has 4 aromatic rings. The molecule has 4 heterocycles. The normalized spacial score (nSPS) is 17.4. The molecule has 2 aromatic carbocycles. The van der Waals surface area contributed by atoms with E-state index in [1.165, 1.54) is 6.07 Å². The van der Waals surface area contributed by atoms with Crippen LogP contribution < -0.4 is 14.8 Å². The van der Waals surface area contributed by atoms with Gasteiger partial charge in [-0.1, -0.05) is 13.5 Å². The molecule has 0 saturated carbocycles. The van der Waals surface area contributed by atoms with Gasteiger partial charge in [-0.25, -0.2) is 9.37 Å². The summed E-state index contributed by atoms with van der Waals surface area (Å²) in [7, 11) is 7.99. The number of aromatic nitrogens is 2. The fraction of sp³-hybridized carbons (Fsp3) is 0.389. The average molecular weight is 614 g/mol. The minimum atomic E-state index is -1.47. The highest BCUT2D eigenvalue weighted by Gasteiger charge is 2.41. The zero-order chi connectivity index (χ0) is 32.4. The summed E-state index contributed by atoms with van der Waals surface area (Å²) in [6, 6.07) is 13.2. The molecule has 2 aliphatic rings. The summed E-state index contributed by atoms with van der Waals surface area (Å²) in [5.74, 6) is 0.696. The number of hydrogen-bond acceptors (Lipinski definition) is 6. The molecule has 1 atom stereocenters. The van der Waals surface area contributed by atoms with Crippen molar-refractivity contribution < 1.29 is 19.0 Å². The first-order valence-electron chi connectivity index (χ1n) is 15.4. The van der Waals surface area contributed by atoms with E-state index in [0.717, 1.165) is 27.8 Å². The Labute approximate surface area is 263 Å². The molecule has 0 aliphatic carbocycles. The van der Waals surface area contributed by atoms with Crippen LogP contribution in [-0.2, 0) is 36.6 Å². The highest BCUT2D eigenvalue weighted by Crippen LogP contribution is 2.43. The topological polar surface area (TPSA) is 76.8 Å². The lowest BCUT2D eigenvalue weighted by atomic mass is 9.84. The maximum atomic E-state index is 16.0. The Kier molecular flexibility index (Phi) is 7.62. The van der Waals surface area contributed by atoms with Gasteiger partial charge in [0.2, 0.25) is 0 Å². The largest absolute Gasteiger partial charge is 0.491 e. The molecule has 45 heavy (non-hydrogen) atoms. The van der Waals surface area contributed by atoms with Crippen LogP contribution in [0, 0.1) is 5.82 Å².